The van der Waals surface area contributed by atoms with Gasteiger partial charge in [0.2, 0.25) is 0 Å². The zero-order valence-electron chi connectivity index (χ0n) is 10.9. The molecule has 0 bridgehead atoms. The van der Waals surface area contributed by atoms with E-state index in [1.807, 2.05) is 37.3 Å². The van der Waals surface area contributed by atoms with E-state index in [4.69, 9.17) is 0 Å². The third-order valence-corrected chi connectivity index (χ3v) is 4.08. The first-order valence-corrected chi connectivity index (χ1v) is 6.66. The number of rotatable bonds is 3. The van der Waals surface area contributed by atoms with Crippen LogP contribution in [0, 0.1) is 16.7 Å². The quantitative estimate of drug-likeness (QED) is 0.806. The van der Waals surface area contributed by atoms with Crippen LogP contribution in [0.2, 0.25) is 0 Å². The second-order valence-corrected chi connectivity index (χ2v) is 5.46. The summed E-state index contributed by atoms with van der Waals surface area (Å²) in [6.45, 7) is 2.03. The summed E-state index contributed by atoms with van der Waals surface area (Å²) in [5, 5.41) is 9.32. The molecule has 0 saturated heterocycles. The van der Waals surface area contributed by atoms with Gasteiger partial charge in [0.1, 0.15) is 5.92 Å². The fourth-order valence-electron chi connectivity index (χ4n) is 2.86. The number of carbonyl (C=O) groups is 1. The van der Waals surface area contributed by atoms with E-state index in [0.29, 0.717) is 0 Å². The van der Waals surface area contributed by atoms with Gasteiger partial charge in [0, 0.05) is 5.41 Å². The van der Waals surface area contributed by atoms with Gasteiger partial charge in [0.05, 0.1) is 6.07 Å². The standard InChI is InChI=1S/C16H19NO/c1-16(10-6-3-7-11-16)15(18)14(12-17)13-8-4-2-5-9-13/h2,4-5,8-9,14H,3,6-7,10-11H2,1H3. The van der Waals surface area contributed by atoms with Crippen molar-refractivity contribution < 1.29 is 4.79 Å². The Bertz CT molecular complexity index is 452. The number of hydrogen-bond acceptors (Lipinski definition) is 2. The maximum Gasteiger partial charge on any atom is 0.160 e. The summed E-state index contributed by atoms with van der Waals surface area (Å²) < 4.78 is 0. The third-order valence-electron chi connectivity index (χ3n) is 4.08. The number of nitriles is 1. The van der Waals surface area contributed by atoms with Crippen molar-refractivity contribution in [3.8, 4) is 6.07 Å². The molecular weight excluding hydrogens is 222 g/mol. The molecule has 1 saturated carbocycles. The van der Waals surface area contributed by atoms with E-state index in [-0.39, 0.29) is 11.2 Å². The average Bonchev–Trinajstić information content (AvgIpc) is 2.41. The molecule has 1 aliphatic carbocycles. The van der Waals surface area contributed by atoms with Crippen molar-refractivity contribution in [2.45, 2.75) is 44.9 Å². The molecule has 2 nitrogen and oxygen atoms in total. The van der Waals surface area contributed by atoms with Crippen molar-refractivity contribution in [3.63, 3.8) is 0 Å². The van der Waals surface area contributed by atoms with E-state index in [2.05, 4.69) is 6.07 Å². The lowest BCUT2D eigenvalue weighted by molar-refractivity contribution is -0.129. The first-order chi connectivity index (χ1) is 8.67. The fourth-order valence-corrected chi connectivity index (χ4v) is 2.86. The molecule has 1 aromatic rings. The molecule has 0 radical (unpaired) electrons. The minimum absolute atomic E-state index is 0.107. The summed E-state index contributed by atoms with van der Waals surface area (Å²) in [5.41, 5.74) is 0.533. The molecule has 0 amide bonds. The molecule has 0 heterocycles. The maximum absolute atomic E-state index is 12.6. The molecule has 94 valence electrons. The Morgan fingerprint density at radius 2 is 1.83 bits per heavy atom. The zero-order chi connectivity index (χ0) is 13.0. The summed E-state index contributed by atoms with van der Waals surface area (Å²) in [6, 6.07) is 11.6. The monoisotopic (exact) mass is 241 g/mol. The van der Waals surface area contributed by atoms with E-state index in [1.54, 1.807) is 0 Å². The van der Waals surface area contributed by atoms with Crippen LogP contribution in [0.3, 0.4) is 0 Å². The first-order valence-electron chi connectivity index (χ1n) is 6.66. The van der Waals surface area contributed by atoms with Gasteiger partial charge in [0.15, 0.2) is 5.78 Å². The molecule has 0 spiro atoms. The minimum atomic E-state index is -0.603. The number of Topliss-reactive ketones (excluding diaryl/α,β-unsaturated/α-hetero) is 1. The molecule has 1 atom stereocenters. The summed E-state index contributed by atoms with van der Waals surface area (Å²) in [6.07, 6.45) is 5.28. The number of hydrogen-bond donors (Lipinski definition) is 0. The SMILES string of the molecule is CC1(C(=O)C(C#N)c2ccccc2)CCCCC1. The van der Waals surface area contributed by atoms with Crippen molar-refractivity contribution >= 4 is 5.78 Å². The molecule has 1 aromatic carbocycles. The lowest BCUT2D eigenvalue weighted by Gasteiger charge is -2.33. The second-order valence-electron chi connectivity index (χ2n) is 5.46. The van der Waals surface area contributed by atoms with Gasteiger partial charge in [-0.2, -0.15) is 5.26 Å². The Kier molecular flexibility index (Phi) is 3.81. The van der Waals surface area contributed by atoms with E-state index in [9.17, 15) is 10.1 Å². The molecule has 2 rings (SSSR count). The van der Waals surface area contributed by atoms with E-state index < -0.39 is 5.92 Å². The Balaban J connectivity index is 2.23. The lowest BCUT2D eigenvalue weighted by Crippen LogP contribution is -2.34. The topological polar surface area (TPSA) is 40.9 Å². The van der Waals surface area contributed by atoms with Crippen LogP contribution in [-0.2, 0) is 4.79 Å². The van der Waals surface area contributed by atoms with Gasteiger partial charge in [0.25, 0.3) is 0 Å². The normalized spacial score (nSPS) is 19.8. The summed E-state index contributed by atoms with van der Waals surface area (Å²) in [7, 11) is 0. The highest BCUT2D eigenvalue weighted by atomic mass is 16.1. The number of carbonyl (C=O) groups excluding carboxylic acids is 1. The van der Waals surface area contributed by atoms with Crippen LogP contribution >= 0.6 is 0 Å². The Hall–Kier alpha value is -1.62. The predicted octanol–water partition coefficient (Wildman–Crippen LogP) is 3.83. The molecule has 18 heavy (non-hydrogen) atoms. The third kappa shape index (κ3) is 2.46. The van der Waals surface area contributed by atoms with Crippen molar-refractivity contribution in [2.75, 3.05) is 0 Å². The van der Waals surface area contributed by atoms with Gasteiger partial charge in [-0.1, -0.05) is 56.5 Å². The fraction of sp³-hybridized carbons (Fsp3) is 0.500. The van der Waals surface area contributed by atoms with Crippen molar-refractivity contribution in [1.82, 2.24) is 0 Å². The highest BCUT2D eigenvalue weighted by Crippen LogP contribution is 2.40. The van der Waals surface area contributed by atoms with E-state index >= 15 is 0 Å². The van der Waals surface area contributed by atoms with Gasteiger partial charge < -0.3 is 0 Å². The van der Waals surface area contributed by atoms with Crippen molar-refractivity contribution in [1.29, 1.82) is 5.26 Å². The highest BCUT2D eigenvalue weighted by Gasteiger charge is 2.39. The van der Waals surface area contributed by atoms with E-state index in [1.165, 1.54) is 6.42 Å². The van der Waals surface area contributed by atoms with Gasteiger partial charge in [-0.05, 0) is 18.4 Å². The Morgan fingerprint density at radius 3 is 2.39 bits per heavy atom. The zero-order valence-corrected chi connectivity index (χ0v) is 10.9. The minimum Gasteiger partial charge on any atom is -0.297 e. The summed E-state index contributed by atoms with van der Waals surface area (Å²) >= 11 is 0. The van der Waals surface area contributed by atoms with Gasteiger partial charge in [-0.25, -0.2) is 0 Å². The van der Waals surface area contributed by atoms with Crippen LogP contribution in [0.1, 0.15) is 50.5 Å². The number of nitrogens with zero attached hydrogens (tertiary/aromatic N) is 1. The first kappa shape index (κ1) is 12.8. The average molecular weight is 241 g/mol. The van der Waals surface area contributed by atoms with Crippen molar-refractivity contribution in [2.24, 2.45) is 5.41 Å². The van der Waals surface area contributed by atoms with E-state index in [0.717, 1.165) is 31.2 Å². The highest BCUT2D eigenvalue weighted by molar-refractivity contribution is 5.93. The predicted molar refractivity (Wildman–Crippen MR) is 71.0 cm³/mol. The number of ketones is 1. The van der Waals surface area contributed by atoms with Gasteiger partial charge in [-0.15, -0.1) is 0 Å². The Labute approximate surface area is 109 Å². The molecular formula is C16H19NO. The number of benzene rings is 1. The second kappa shape index (κ2) is 5.35. The molecule has 0 aromatic heterocycles. The summed E-state index contributed by atoms with van der Waals surface area (Å²) in [5.74, 6) is -0.495. The summed E-state index contributed by atoms with van der Waals surface area (Å²) in [4.78, 5) is 12.6. The maximum atomic E-state index is 12.6. The Morgan fingerprint density at radius 1 is 1.22 bits per heavy atom. The van der Waals surface area contributed by atoms with Crippen LogP contribution in [0.15, 0.2) is 30.3 Å². The molecule has 1 fully saturated rings. The van der Waals surface area contributed by atoms with Crippen LogP contribution in [0.4, 0.5) is 0 Å². The largest absolute Gasteiger partial charge is 0.297 e. The van der Waals surface area contributed by atoms with Crippen molar-refractivity contribution in [3.05, 3.63) is 35.9 Å². The van der Waals surface area contributed by atoms with Crippen LogP contribution in [-0.4, -0.2) is 5.78 Å². The van der Waals surface area contributed by atoms with Gasteiger partial charge >= 0.3 is 0 Å². The molecule has 0 N–H and O–H groups in total. The smallest absolute Gasteiger partial charge is 0.160 e. The molecule has 1 unspecified atom stereocenters. The van der Waals surface area contributed by atoms with Gasteiger partial charge in [-0.3, -0.25) is 4.79 Å². The molecule has 1 aliphatic rings. The van der Waals surface area contributed by atoms with Crippen LogP contribution in [0.25, 0.3) is 0 Å². The molecule has 0 aliphatic heterocycles. The molecule has 2 heteroatoms. The van der Waals surface area contributed by atoms with Crippen LogP contribution in [0.5, 0.6) is 0 Å². The lowest BCUT2D eigenvalue weighted by atomic mass is 9.68. The van der Waals surface area contributed by atoms with Crippen LogP contribution < -0.4 is 0 Å².